The van der Waals surface area contributed by atoms with Crippen LogP contribution in [0.4, 0.5) is 0 Å². The van der Waals surface area contributed by atoms with E-state index in [1.54, 1.807) is 0 Å². The van der Waals surface area contributed by atoms with Crippen LogP contribution in [-0.4, -0.2) is 12.3 Å². The minimum atomic E-state index is 0.944. The summed E-state index contributed by atoms with van der Waals surface area (Å²) in [5.41, 5.74) is 1.32. The molecular formula is C10H21N. The summed E-state index contributed by atoms with van der Waals surface area (Å²) in [6.45, 7) is 7.41. The van der Waals surface area contributed by atoms with Crippen molar-refractivity contribution in [2.24, 2.45) is 4.99 Å². The second-order valence-corrected chi connectivity index (χ2v) is 3.02. The zero-order chi connectivity index (χ0) is 8.53. The van der Waals surface area contributed by atoms with Gasteiger partial charge in [-0.25, -0.2) is 0 Å². The Kier molecular flexibility index (Phi) is 7.54. The molecule has 0 rings (SSSR count). The van der Waals surface area contributed by atoms with Gasteiger partial charge in [0.25, 0.3) is 0 Å². The minimum Gasteiger partial charge on any atom is -0.295 e. The van der Waals surface area contributed by atoms with Crippen molar-refractivity contribution in [2.75, 3.05) is 6.54 Å². The second-order valence-electron chi connectivity index (χ2n) is 3.02. The van der Waals surface area contributed by atoms with Gasteiger partial charge < -0.3 is 0 Å². The van der Waals surface area contributed by atoms with Gasteiger partial charge in [0, 0.05) is 12.3 Å². The van der Waals surface area contributed by atoms with Gasteiger partial charge >= 0.3 is 0 Å². The molecule has 0 fully saturated rings. The van der Waals surface area contributed by atoms with Crippen LogP contribution in [0.25, 0.3) is 0 Å². The molecule has 11 heavy (non-hydrogen) atoms. The summed E-state index contributed by atoms with van der Waals surface area (Å²) in [6.07, 6.45) is 6.59. The minimum absolute atomic E-state index is 0.944. The molecule has 0 aromatic carbocycles. The molecular weight excluding hydrogens is 134 g/mol. The first kappa shape index (κ1) is 10.7. The number of aliphatic imine (C=N–C) groups is 1. The van der Waals surface area contributed by atoms with Crippen molar-refractivity contribution in [3.05, 3.63) is 0 Å². The van der Waals surface area contributed by atoms with E-state index in [1.807, 2.05) is 0 Å². The normalized spacial score (nSPS) is 12.1. The van der Waals surface area contributed by atoms with Crippen LogP contribution < -0.4 is 0 Å². The van der Waals surface area contributed by atoms with E-state index in [1.165, 1.54) is 37.8 Å². The van der Waals surface area contributed by atoms with E-state index in [4.69, 9.17) is 0 Å². The molecule has 0 N–H and O–H groups in total. The first-order chi connectivity index (χ1) is 5.31. The Labute approximate surface area is 70.9 Å². The molecule has 1 heteroatoms. The van der Waals surface area contributed by atoms with Crippen LogP contribution in [0.5, 0.6) is 0 Å². The van der Waals surface area contributed by atoms with Crippen molar-refractivity contribution >= 4 is 5.71 Å². The molecule has 0 heterocycles. The van der Waals surface area contributed by atoms with Crippen LogP contribution in [-0.2, 0) is 0 Å². The fraction of sp³-hybridized carbons (Fsp3) is 0.900. The smallest absolute Gasteiger partial charge is 0.0360 e. The number of hydrogen-bond donors (Lipinski definition) is 0. The maximum absolute atomic E-state index is 4.34. The van der Waals surface area contributed by atoms with Crippen molar-refractivity contribution in [1.29, 1.82) is 0 Å². The molecule has 66 valence electrons. The Balaban J connectivity index is 3.17. The maximum atomic E-state index is 4.34. The van der Waals surface area contributed by atoms with E-state index in [0.717, 1.165) is 6.54 Å². The van der Waals surface area contributed by atoms with Crippen LogP contribution in [0.3, 0.4) is 0 Å². The lowest BCUT2D eigenvalue weighted by atomic mass is 10.1. The zero-order valence-electron chi connectivity index (χ0n) is 8.19. The molecule has 0 radical (unpaired) electrons. The highest BCUT2D eigenvalue weighted by atomic mass is 14.7. The molecule has 0 aliphatic rings. The summed E-state index contributed by atoms with van der Waals surface area (Å²) >= 11 is 0. The summed E-state index contributed by atoms with van der Waals surface area (Å²) < 4.78 is 0. The van der Waals surface area contributed by atoms with Gasteiger partial charge in [0.2, 0.25) is 0 Å². The first-order valence-corrected chi connectivity index (χ1v) is 4.81. The number of nitrogens with zero attached hydrogens (tertiary/aromatic N) is 1. The average Bonchev–Trinajstić information content (AvgIpc) is 1.99. The van der Waals surface area contributed by atoms with Crippen molar-refractivity contribution in [3.8, 4) is 0 Å². The molecule has 0 spiro atoms. The standard InChI is InChI=1S/C10H21N/c1-4-6-7-8-9-10(3)11-5-2/h4-9H2,1-3H3. The average molecular weight is 155 g/mol. The Morgan fingerprint density at radius 3 is 2.36 bits per heavy atom. The number of rotatable bonds is 6. The van der Waals surface area contributed by atoms with E-state index in [9.17, 15) is 0 Å². The molecule has 0 amide bonds. The van der Waals surface area contributed by atoms with Crippen LogP contribution in [0.2, 0.25) is 0 Å². The van der Waals surface area contributed by atoms with Gasteiger partial charge in [0.05, 0.1) is 0 Å². The van der Waals surface area contributed by atoms with Gasteiger partial charge in [0.15, 0.2) is 0 Å². The molecule has 0 unspecified atom stereocenters. The van der Waals surface area contributed by atoms with Gasteiger partial charge in [-0.1, -0.05) is 26.2 Å². The third kappa shape index (κ3) is 7.57. The lowest BCUT2D eigenvalue weighted by molar-refractivity contribution is 0.681. The lowest BCUT2D eigenvalue weighted by Crippen LogP contribution is -1.92. The molecule has 0 bridgehead atoms. The Morgan fingerprint density at radius 1 is 1.09 bits per heavy atom. The van der Waals surface area contributed by atoms with E-state index < -0.39 is 0 Å². The van der Waals surface area contributed by atoms with Gasteiger partial charge in [-0.15, -0.1) is 0 Å². The SMILES string of the molecule is CCCCCCC(C)=NCC. The van der Waals surface area contributed by atoms with Gasteiger partial charge in [-0.05, 0) is 26.7 Å². The largest absolute Gasteiger partial charge is 0.295 e. The monoisotopic (exact) mass is 155 g/mol. The summed E-state index contributed by atoms with van der Waals surface area (Å²) in [5, 5.41) is 0. The topological polar surface area (TPSA) is 12.4 Å². The van der Waals surface area contributed by atoms with E-state index >= 15 is 0 Å². The molecule has 0 saturated heterocycles. The third-order valence-electron chi connectivity index (χ3n) is 1.82. The van der Waals surface area contributed by atoms with Crippen LogP contribution in [0.15, 0.2) is 4.99 Å². The Hall–Kier alpha value is -0.330. The van der Waals surface area contributed by atoms with Crippen LogP contribution in [0, 0.1) is 0 Å². The summed E-state index contributed by atoms with van der Waals surface area (Å²) in [5.74, 6) is 0. The fourth-order valence-electron chi connectivity index (χ4n) is 1.16. The number of hydrogen-bond acceptors (Lipinski definition) is 1. The molecule has 0 aromatic rings. The molecule has 0 aromatic heterocycles. The van der Waals surface area contributed by atoms with E-state index in [0.29, 0.717) is 0 Å². The number of unbranched alkanes of at least 4 members (excludes halogenated alkanes) is 3. The summed E-state index contributed by atoms with van der Waals surface area (Å²) in [4.78, 5) is 4.34. The first-order valence-electron chi connectivity index (χ1n) is 4.81. The quantitative estimate of drug-likeness (QED) is 0.411. The molecule has 0 atom stereocenters. The predicted molar refractivity (Wildman–Crippen MR) is 52.4 cm³/mol. The highest BCUT2D eigenvalue weighted by molar-refractivity contribution is 5.81. The lowest BCUT2D eigenvalue weighted by Gasteiger charge is -1.98. The maximum Gasteiger partial charge on any atom is 0.0360 e. The van der Waals surface area contributed by atoms with Gasteiger partial charge in [0.1, 0.15) is 0 Å². The van der Waals surface area contributed by atoms with Crippen molar-refractivity contribution in [3.63, 3.8) is 0 Å². The fourth-order valence-corrected chi connectivity index (χ4v) is 1.16. The summed E-state index contributed by atoms with van der Waals surface area (Å²) in [6, 6.07) is 0. The van der Waals surface area contributed by atoms with Crippen LogP contribution >= 0.6 is 0 Å². The van der Waals surface area contributed by atoms with Gasteiger partial charge in [-0.3, -0.25) is 4.99 Å². The molecule has 1 nitrogen and oxygen atoms in total. The molecule has 0 aliphatic heterocycles. The summed E-state index contributed by atoms with van der Waals surface area (Å²) in [7, 11) is 0. The Bertz CT molecular complexity index is 105. The molecule has 0 aliphatic carbocycles. The van der Waals surface area contributed by atoms with Gasteiger partial charge in [-0.2, -0.15) is 0 Å². The van der Waals surface area contributed by atoms with Crippen molar-refractivity contribution in [1.82, 2.24) is 0 Å². The molecule has 0 saturated carbocycles. The van der Waals surface area contributed by atoms with Crippen molar-refractivity contribution in [2.45, 2.75) is 52.9 Å². The van der Waals surface area contributed by atoms with Crippen molar-refractivity contribution < 1.29 is 0 Å². The second kappa shape index (κ2) is 7.77. The van der Waals surface area contributed by atoms with E-state index in [2.05, 4.69) is 25.8 Å². The highest BCUT2D eigenvalue weighted by Crippen LogP contribution is 2.03. The zero-order valence-corrected chi connectivity index (χ0v) is 8.19. The van der Waals surface area contributed by atoms with Crippen LogP contribution in [0.1, 0.15) is 52.9 Å². The predicted octanol–water partition coefficient (Wildman–Crippen LogP) is 3.44. The van der Waals surface area contributed by atoms with E-state index in [-0.39, 0.29) is 0 Å². The Morgan fingerprint density at radius 2 is 1.82 bits per heavy atom. The third-order valence-corrected chi connectivity index (χ3v) is 1.82. The highest BCUT2D eigenvalue weighted by Gasteiger charge is 1.90.